The molecule has 0 unspecified atom stereocenters. The molecule has 1 heterocycles. The van der Waals surface area contributed by atoms with Gasteiger partial charge in [-0.15, -0.1) is 11.3 Å². The highest BCUT2D eigenvalue weighted by Crippen LogP contribution is 2.22. The van der Waals surface area contributed by atoms with E-state index in [9.17, 15) is 9.59 Å². The van der Waals surface area contributed by atoms with Crippen molar-refractivity contribution in [1.82, 2.24) is 5.32 Å². The lowest BCUT2D eigenvalue weighted by atomic mass is 10.1. The van der Waals surface area contributed by atoms with Crippen LogP contribution in [0.1, 0.15) is 22.9 Å². The average molecular weight is 330 g/mol. The smallest absolute Gasteiger partial charge is 0.225 e. The van der Waals surface area contributed by atoms with E-state index in [1.807, 2.05) is 49.6 Å². The van der Waals surface area contributed by atoms with Gasteiger partial charge in [-0.1, -0.05) is 18.2 Å². The zero-order chi connectivity index (χ0) is 16.8. The van der Waals surface area contributed by atoms with Crippen molar-refractivity contribution in [3.05, 3.63) is 51.7 Å². The first-order valence-corrected chi connectivity index (χ1v) is 8.50. The summed E-state index contributed by atoms with van der Waals surface area (Å²) in [4.78, 5) is 26.6. The Morgan fingerprint density at radius 3 is 2.61 bits per heavy atom. The van der Waals surface area contributed by atoms with Gasteiger partial charge in [0.25, 0.3) is 0 Å². The summed E-state index contributed by atoms with van der Waals surface area (Å²) in [5.41, 5.74) is 3.15. The van der Waals surface area contributed by atoms with E-state index in [4.69, 9.17) is 0 Å². The molecule has 0 radical (unpaired) electrons. The van der Waals surface area contributed by atoms with Crippen LogP contribution in [0, 0.1) is 13.8 Å². The molecule has 4 nitrogen and oxygen atoms in total. The Morgan fingerprint density at radius 2 is 1.96 bits per heavy atom. The van der Waals surface area contributed by atoms with Gasteiger partial charge in [0.1, 0.15) is 0 Å². The van der Waals surface area contributed by atoms with E-state index >= 15 is 0 Å². The molecule has 122 valence electrons. The zero-order valence-corrected chi connectivity index (χ0v) is 14.6. The largest absolute Gasteiger partial charge is 0.354 e. The van der Waals surface area contributed by atoms with E-state index in [0.717, 1.165) is 21.7 Å². The maximum absolute atomic E-state index is 12.0. The number of carbonyl (C=O) groups excluding carboxylic acids is 2. The van der Waals surface area contributed by atoms with Gasteiger partial charge in [0.05, 0.1) is 6.42 Å². The number of nitrogens with zero attached hydrogens (tertiary/aromatic N) is 1. The Bertz CT molecular complexity index is 680. The number of carbonyl (C=O) groups is 2. The topological polar surface area (TPSA) is 49.4 Å². The molecular weight excluding hydrogens is 308 g/mol. The minimum atomic E-state index is -0.0220. The molecule has 0 atom stereocenters. The fourth-order valence-electron chi connectivity index (χ4n) is 2.42. The third-order valence-corrected chi connectivity index (χ3v) is 4.70. The Hall–Kier alpha value is -2.14. The van der Waals surface area contributed by atoms with E-state index in [1.165, 1.54) is 0 Å². The molecule has 0 bridgehead atoms. The molecule has 23 heavy (non-hydrogen) atoms. The highest BCUT2D eigenvalue weighted by molar-refractivity contribution is 7.10. The molecule has 0 aliphatic heterocycles. The summed E-state index contributed by atoms with van der Waals surface area (Å²) in [6.07, 6.45) is 0.390. The lowest BCUT2D eigenvalue weighted by Gasteiger charge is -2.24. The van der Waals surface area contributed by atoms with Crippen LogP contribution in [0.15, 0.2) is 35.7 Å². The maximum Gasteiger partial charge on any atom is 0.225 e. The number of rotatable bonds is 6. The molecule has 2 rings (SSSR count). The fraction of sp³-hybridized carbons (Fsp3) is 0.333. The Morgan fingerprint density at radius 1 is 1.17 bits per heavy atom. The Labute approximate surface area is 141 Å². The van der Waals surface area contributed by atoms with E-state index in [1.54, 1.807) is 23.2 Å². The standard InChI is InChI=1S/C18H22N2O2S/c1-13-6-4-8-17(14(13)2)20(15(3)21)10-9-19-18(22)12-16-7-5-11-23-16/h4-8,11H,9-10,12H2,1-3H3,(H,19,22). The van der Waals surface area contributed by atoms with Crippen molar-refractivity contribution in [2.24, 2.45) is 0 Å². The van der Waals surface area contributed by atoms with Crippen molar-refractivity contribution in [1.29, 1.82) is 0 Å². The summed E-state index contributed by atoms with van der Waals surface area (Å²) in [5, 5.41) is 4.84. The molecule has 0 saturated carbocycles. The van der Waals surface area contributed by atoms with Crippen LogP contribution >= 0.6 is 11.3 Å². The average Bonchev–Trinajstić information content (AvgIpc) is 2.99. The van der Waals surface area contributed by atoms with Crippen molar-refractivity contribution < 1.29 is 9.59 Å². The number of benzene rings is 1. The first kappa shape index (κ1) is 17.2. The quantitative estimate of drug-likeness (QED) is 0.885. The first-order valence-electron chi connectivity index (χ1n) is 7.62. The third kappa shape index (κ3) is 4.66. The number of thiophene rings is 1. The van der Waals surface area contributed by atoms with Gasteiger partial charge >= 0.3 is 0 Å². The third-order valence-electron chi connectivity index (χ3n) is 3.82. The summed E-state index contributed by atoms with van der Waals surface area (Å²) in [7, 11) is 0. The second-order valence-corrected chi connectivity index (χ2v) is 6.53. The number of amides is 2. The molecule has 0 aliphatic rings. The van der Waals surface area contributed by atoms with E-state index in [-0.39, 0.29) is 11.8 Å². The van der Waals surface area contributed by atoms with Crippen LogP contribution in [0.2, 0.25) is 0 Å². The SMILES string of the molecule is CC(=O)N(CCNC(=O)Cc1cccs1)c1cccc(C)c1C. The van der Waals surface area contributed by atoms with Crippen LogP contribution in [0.25, 0.3) is 0 Å². The maximum atomic E-state index is 12.0. The van der Waals surface area contributed by atoms with Crippen LogP contribution in [0.4, 0.5) is 5.69 Å². The van der Waals surface area contributed by atoms with Gasteiger partial charge in [0.15, 0.2) is 0 Å². The Kier molecular flexibility index (Phi) is 5.93. The zero-order valence-electron chi connectivity index (χ0n) is 13.8. The number of hydrogen-bond donors (Lipinski definition) is 1. The summed E-state index contributed by atoms with van der Waals surface area (Å²) in [6.45, 7) is 6.50. The molecule has 0 aliphatic carbocycles. The summed E-state index contributed by atoms with van der Waals surface area (Å²) < 4.78 is 0. The van der Waals surface area contributed by atoms with Crippen LogP contribution < -0.4 is 10.2 Å². The van der Waals surface area contributed by atoms with Crippen molar-refractivity contribution in [2.75, 3.05) is 18.0 Å². The van der Waals surface area contributed by atoms with E-state index < -0.39 is 0 Å². The molecule has 1 N–H and O–H groups in total. The minimum Gasteiger partial charge on any atom is -0.354 e. The second kappa shape index (κ2) is 7.92. The summed E-state index contributed by atoms with van der Waals surface area (Å²) in [6, 6.07) is 9.80. The molecule has 0 fully saturated rings. The van der Waals surface area contributed by atoms with E-state index in [2.05, 4.69) is 5.32 Å². The highest BCUT2D eigenvalue weighted by Gasteiger charge is 2.14. The van der Waals surface area contributed by atoms with Gasteiger partial charge in [-0.05, 0) is 42.5 Å². The van der Waals surface area contributed by atoms with Gasteiger partial charge in [-0.3, -0.25) is 9.59 Å². The monoisotopic (exact) mass is 330 g/mol. The fourth-order valence-corrected chi connectivity index (χ4v) is 3.12. The Balaban J connectivity index is 1.94. The van der Waals surface area contributed by atoms with Gasteiger partial charge in [0, 0.05) is 30.6 Å². The molecule has 5 heteroatoms. The lowest BCUT2D eigenvalue weighted by Crippen LogP contribution is -2.38. The molecule has 0 spiro atoms. The minimum absolute atomic E-state index is 0.0167. The molecule has 2 aromatic rings. The van der Waals surface area contributed by atoms with Gasteiger partial charge in [0.2, 0.25) is 11.8 Å². The summed E-state index contributed by atoms with van der Waals surface area (Å²) in [5.74, 6) is -0.0388. The van der Waals surface area contributed by atoms with Crippen molar-refractivity contribution in [2.45, 2.75) is 27.2 Å². The van der Waals surface area contributed by atoms with Crippen LogP contribution in [-0.4, -0.2) is 24.9 Å². The van der Waals surface area contributed by atoms with Gasteiger partial charge in [-0.25, -0.2) is 0 Å². The highest BCUT2D eigenvalue weighted by atomic mass is 32.1. The molecule has 0 saturated heterocycles. The first-order chi connectivity index (χ1) is 11.0. The molecular formula is C18H22N2O2S. The van der Waals surface area contributed by atoms with Crippen LogP contribution in [0.3, 0.4) is 0 Å². The van der Waals surface area contributed by atoms with Gasteiger partial charge < -0.3 is 10.2 Å². The second-order valence-electron chi connectivity index (χ2n) is 5.50. The van der Waals surface area contributed by atoms with Crippen molar-refractivity contribution in [3.63, 3.8) is 0 Å². The predicted octanol–water partition coefficient (Wildman–Crippen LogP) is 3.08. The van der Waals surface area contributed by atoms with Crippen molar-refractivity contribution in [3.8, 4) is 0 Å². The number of aryl methyl sites for hydroxylation is 1. The predicted molar refractivity (Wildman–Crippen MR) is 95.0 cm³/mol. The van der Waals surface area contributed by atoms with Crippen molar-refractivity contribution >= 4 is 28.8 Å². The molecule has 1 aromatic heterocycles. The normalized spacial score (nSPS) is 10.4. The van der Waals surface area contributed by atoms with E-state index in [0.29, 0.717) is 19.5 Å². The number of nitrogens with one attached hydrogen (secondary N) is 1. The van der Waals surface area contributed by atoms with Crippen LogP contribution in [-0.2, 0) is 16.0 Å². The lowest BCUT2D eigenvalue weighted by molar-refractivity contribution is -0.120. The van der Waals surface area contributed by atoms with Gasteiger partial charge in [-0.2, -0.15) is 0 Å². The number of anilines is 1. The number of hydrogen-bond acceptors (Lipinski definition) is 3. The summed E-state index contributed by atoms with van der Waals surface area (Å²) >= 11 is 1.57. The van der Waals surface area contributed by atoms with Crippen LogP contribution in [0.5, 0.6) is 0 Å². The molecule has 2 amide bonds. The molecule has 1 aromatic carbocycles.